The smallest absolute Gasteiger partial charge is 0.174 e. The minimum absolute atomic E-state index is 0.756. The molecule has 0 rings (SSSR count). The lowest BCUT2D eigenvalue weighted by Gasteiger charge is -1.82. The third kappa shape index (κ3) is 12.7. The first-order valence-electron chi connectivity index (χ1n) is 3.51. The predicted octanol–water partition coefficient (Wildman–Crippen LogP) is 2.48. The second-order valence-corrected chi connectivity index (χ2v) is 2.43. The summed E-state index contributed by atoms with van der Waals surface area (Å²) in [5.41, 5.74) is 1.81. The van der Waals surface area contributed by atoms with E-state index >= 15 is 0 Å². The first-order chi connectivity index (χ1) is 5.62. The van der Waals surface area contributed by atoms with Crippen molar-refractivity contribution >= 4 is 38.6 Å². The number of nitrogens with zero attached hydrogens (tertiary/aromatic N) is 2. The van der Waals surface area contributed by atoms with E-state index in [4.69, 9.17) is 0 Å². The molecule has 0 spiro atoms. The lowest BCUT2D eigenvalue weighted by molar-refractivity contribution is 1.59. The summed E-state index contributed by atoms with van der Waals surface area (Å²) in [6, 6.07) is 0. The molecule has 2 nitrogen and oxygen atoms in total. The quantitative estimate of drug-likeness (QED) is 0.378. The Kier molecular flexibility index (Phi) is 13.5. The van der Waals surface area contributed by atoms with Gasteiger partial charge in [-0.15, -0.1) is 0 Å². The molecule has 0 aromatic heterocycles. The molecule has 1 unspecified atom stereocenters. The lowest BCUT2D eigenvalue weighted by atomic mass is 9.77. The Hall–Kier alpha value is 0.0699. The van der Waals surface area contributed by atoms with E-state index in [1.807, 2.05) is 35.1 Å². The summed E-state index contributed by atoms with van der Waals surface area (Å²) in [5.74, 6) is 0. The molecule has 2 radical (unpaired) electrons. The van der Waals surface area contributed by atoms with Gasteiger partial charge in [0.05, 0.1) is 0 Å². The van der Waals surface area contributed by atoms with Gasteiger partial charge in [0.2, 0.25) is 0 Å². The molecule has 0 N–H and O–H groups in total. The molecule has 0 amide bonds. The van der Waals surface area contributed by atoms with E-state index in [1.54, 1.807) is 0 Å². The summed E-state index contributed by atoms with van der Waals surface area (Å²) in [5, 5.41) is 0. The molecule has 0 fully saturated rings. The van der Waals surface area contributed by atoms with E-state index in [0.29, 0.717) is 0 Å². The van der Waals surface area contributed by atoms with E-state index in [0.717, 1.165) is 11.2 Å². The fourth-order valence-electron chi connectivity index (χ4n) is 0.139. The minimum atomic E-state index is 0.756. The number of rotatable bonds is 3. The van der Waals surface area contributed by atoms with Gasteiger partial charge < -0.3 is 0 Å². The van der Waals surface area contributed by atoms with Crippen LogP contribution in [0.15, 0.2) is 21.7 Å². The van der Waals surface area contributed by atoms with Gasteiger partial charge in [0.25, 0.3) is 0 Å². The Balaban J connectivity index is 0. The summed E-state index contributed by atoms with van der Waals surface area (Å²) in [7, 11) is 8.97. The Morgan fingerprint density at radius 1 is 1.42 bits per heavy atom. The van der Waals surface area contributed by atoms with Gasteiger partial charge in [-0.25, -0.2) is 0 Å². The molecule has 1 atom stereocenters. The summed E-state index contributed by atoms with van der Waals surface area (Å²) < 4.78 is 7.35. The average Bonchev–Trinajstić information content (AvgIpc) is 2.16. The Morgan fingerprint density at radius 3 is 1.92 bits per heavy atom. The maximum atomic E-state index is 3.78. The van der Waals surface area contributed by atoms with Gasteiger partial charge >= 0.3 is 0 Å². The lowest BCUT2D eigenvalue weighted by Crippen LogP contribution is -1.95. The molecular weight excluding hydrogens is 184 g/mol. The summed E-state index contributed by atoms with van der Waals surface area (Å²) in [6.07, 6.45) is 0. The molecule has 0 saturated carbocycles. The zero-order valence-electron chi connectivity index (χ0n) is 7.83. The monoisotopic (exact) mass is 198 g/mol. The van der Waals surface area contributed by atoms with Gasteiger partial charge in [-0.05, 0) is 36.6 Å². The van der Waals surface area contributed by atoms with Crippen molar-refractivity contribution in [2.75, 3.05) is 0 Å². The van der Waals surface area contributed by atoms with Crippen LogP contribution in [0.1, 0.15) is 6.92 Å². The van der Waals surface area contributed by atoms with Crippen LogP contribution in [0, 0.1) is 0 Å². The molecular formula is C6H14B2N2P2. The van der Waals surface area contributed by atoms with Gasteiger partial charge in [-0.3, -0.25) is 9.51 Å². The Bertz CT molecular complexity index is 169. The van der Waals surface area contributed by atoms with Crippen molar-refractivity contribution in [3.05, 3.63) is 12.2 Å². The van der Waals surface area contributed by atoms with Crippen molar-refractivity contribution < 1.29 is 0 Å². The van der Waals surface area contributed by atoms with Crippen molar-refractivity contribution in [1.82, 2.24) is 0 Å². The van der Waals surface area contributed by atoms with Gasteiger partial charge in [0.1, 0.15) is 0 Å². The molecule has 0 saturated heterocycles. The highest BCUT2D eigenvalue weighted by Crippen LogP contribution is 1.88. The molecule has 64 valence electrons. The van der Waals surface area contributed by atoms with Crippen molar-refractivity contribution in [3.8, 4) is 0 Å². The molecule has 0 aromatic rings. The van der Waals surface area contributed by atoms with Crippen molar-refractivity contribution in [3.63, 3.8) is 0 Å². The second kappa shape index (κ2) is 11.1. The van der Waals surface area contributed by atoms with Gasteiger partial charge in [-0.2, -0.15) is 0 Å². The van der Waals surface area contributed by atoms with Crippen LogP contribution in [-0.4, -0.2) is 20.2 Å². The fraction of sp³-hybridized carbons (Fsp3) is 0.500. The largest absolute Gasteiger partial charge is 0.288 e. The van der Waals surface area contributed by atoms with Crippen LogP contribution in [0.25, 0.3) is 0 Å². The summed E-state index contributed by atoms with van der Waals surface area (Å²) in [4.78, 5) is 0. The van der Waals surface area contributed by atoms with Gasteiger partial charge in [0, 0.05) is 0 Å². The SMILES string of the molecule is C=C([B]C)N=P.C[B]C(C)=NP. The highest BCUT2D eigenvalue weighted by molar-refractivity contribution is 7.16. The van der Waals surface area contributed by atoms with Crippen LogP contribution in [0.4, 0.5) is 0 Å². The van der Waals surface area contributed by atoms with Crippen molar-refractivity contribution in [1.29, 1.82) is 0 Å². The van der Waals surface area contributed by atoms with Crippen molar-refractivity contribution in [2.24, 2.45) is 9.51 Å². The van der Waals surface area contributed by atoms with Crippen LogP contribution in [0.2, 0.25) is 13.6 Å². The summed E-state index contributed by atoms with van der Waals surface area (Å²) >= 11 is 0. The summed E-state index contributed by atoms with van der Waals surface area (Å²) in [6.45, 7) is 9.31. The Morgan fingerprint density at radius 2 is 1.92 bits per heavy atom. The topological polar surface area (TPSA) is 24.7 Å². The van der Waals surface area contributed by atoms with Crippen molar-refractivity contribution in [2.45, 2.75) is 20.6 Å². The molecule has 0 heterocycles. The fourth-order valence-corrected chi connectivity index (χ4v) is 0.417. The molecule has 0 aromatic carbocycles. The van der Waals surface area contributed by atoms with Crippen LogP contribution in [-0.2, 0) is 0 Å². The predicted molar refractivity (Wildman–Crippen MR) is 65.9 cm³/mol. The molecule has 0 aliphatic heterocycles. The molecule has 6 heteroatoms. The Labute approximate surface area is 81.4 Å². The highest BCUT2D eigenvalue weighted by atomic mass is 31.0. The normalized spacial score (nSPS) is 9.17. The van der Waals surface area contributed by atoms with E-state index in [1.165, 1.54) is 0 Å². The second-order valence-electron chi connectivity index (χ2n) is 1.95. The molecule has 0 bridgehead atoms. The highest BCUT2D eigenvalue weighted by Gasteiger charge is 1.79. The van der Waals surface area contributed by atoms with Crippen LogP contribution in [0.3, 0.4) is 0 Å². The third-order valence-corrected chi connectivity index (χ3v) is 1.79. The first kappa shape index (κ1) is 14.6. The average molecular weight is 198 g/mol. The van der Waals surface area contributed by atoms with E-state index in [2.05, 4.69) is 34.5 Å². The van der Waals surface area contributed by atoms with Gasteiger partial charge in [-0.1, -0.05) is 20.2 Å². The standard InChI is InChI=1S/C3H8BNP.C3H6BNP/c2*1-3(4-2)5-6/h6H2,1-2H3;6H,1H2,2H3. The minimum Gasteiger partial charge on any atom is -0.288 e. The van der Waals surface area contributed by atoms with E-state index in [9.17, 15) is 0 Å². The number of hydrogen-bond donors (Lipinski definition) is 0. The molecule has 0 aliphatic carbocycles. The van der Waals surface area contributed by atoms with Crippen LogP contribution >= 0.6 is 18.4 Å². The number of hydrogen-bond acceptors (Lipinski definition) is 2. The van der Waals surface area contributed by atoms with E-state index in [-0.39, 0.29) is 0 Å². The van der Waals surface area contributed by atoms with Crippen LogP contribution in [0.5, 0.6) is 0 Å². The molecule has 12 heavy (non-hydrogen) atoms. The first-order valence-corrected chi connectivity index (χ1v) is 4.48. The maximum absolute atomic E-state index is 3.78. The van der Waals surface area contributed by atoms with Crippen LogP contribution < -0.4 is 0 Å². The molecule has 0 aliphatic rings. The zero-order chi connectivity index (χ0) is 9.98. The third-order valence-electron chi connectivity index (χ3n) is 1.10. The maximum Gasteiger partial charge on any atom is 0.174 e. The van der Waals surface area contributed by atoms with Gasteiger partial charge in [0.15, 0.2) is 14.6 Å². The van der Waals surface area contributed by atoms with E-state index < -0.39 is 0 Å². The zero-order valence-corrected chi connectivity index (χ0v) is 9.99.